The van der Waals surface area contributed by atoms with Crippen LogP contribution in [0.3, 0.4) is 0 Å². The summed E-state index contributed by atoms with van der Waals surface area (Å²) in [6.07, 6.45) is 6.47. The number of carbonyl (C=O) groups excluding carboxylic acids is 1. The van der Waals surface area contributed by atoms with Crippen LogP contribution in [0.15, 0.2) is 29.4 Å². The third-order valence-electron chi connectivity index (χ3n) is 3.37. The number of nitrogens with one attached hydrogen (secondary N) is 1. The van der Waals surface area contributed by atoms with Crippen molar-refractivity contribution in [1.29, 1.82) is 0 Å². The molecule has 98 valence electrons. The lowest BCUT2D eigenvalue weighted by Gasteiger charge is -2.26. The Labute approximate surface area is 113 Å². The number of rotatable bonds is 4. The van der Waals surface area contributed by atoms with Crippen molar-refractivity contribution in [3.05, 3.63) is 24.4 Å². The average Bonchev–Trinajstić information content (AvgIpc) is 2.40. The molecule has 1 aliphatic carbocycles. The van der Waals surface area contributed by atoms with Crippen LogP contribution in [0.1, 0.15) is 32.6 Å². The molecule has 0 spiro atoms. The topological polar surface area (TPSA) is 42.0 Å². The van der Waals surface area contributed by atoms with Gasteiger partial charge in [0.1, 0.15) is 0 Å². The molecule has 1 saturated carbocycles. The Bertz CT molecular complexity index is 375. The molecule has 0 atom stereocenters. The smallest absolute Gasteiger partial charge is 0.230 e. The van der Waals surface area contributed by atoms with Crippen molar-refractivity contribution >= 4 is 17.7 Å². The van der Waals surface area contributed by atoms with Crippen LogP contribution in [0.25, 0.3) is 0 Å². The molecule has 1 heterocycles. The van der Waals surface area contributed by atoms with Gasteiger partial charge in [-0.2, -0.15) is 0 Å². The summed E-state index contributed by atoms with van der Waals surface area (Å²) in [6, 6.07) is 6.14. The molecule has 2 rings (SSSR count). The lowest BCUT2D eigenvalue weighted by molar-refractivity contribution is -0.119. The van der Waals surface area contributed by atoms with E-state index in [1.807, 2.05) is 18.2 Å². The van der Waals surface area contributed by atoms with Crippen molar-refractivity contribution in [2.75, 3.05) is 5.75 Å². The predicted molar refractivity (Wildman–Crippen MR) is 74.5 cm³/mol. The van der Waals surface area contributed by atoms with Crippen LogP contribution in [0, 0.1) is 5.92 Å². The first kappa shape index (κ1) is 13.4. The van der Waals surface area contributed by atoms with Crippen LogP contribution >= 0.6 is 11.8 Å². The fraction of sp³-hybridized carbons (Fsp3) is 0.571. The van der Waals surface area contributed by atoms with Crippen LogP contribution in [-0.2, 0) is 4.79 Å². The summed E-state index contributed by atoms with van der Waals surface area (Å²) in [6.45, 7) is 2.29. The van der Waals surface area contributed by atoms with Crippen molar-refractivity contribution in [3.63, 3.8) is 0 Å². The van der Waals surface area contributed by atoms with Crippen LogP contribution in [0.4, 0.5) is 0 Å². The molecule has 0 radical (unpaired) electrons. The maximum Gasteiger partial charge on any atom is 0.230 e. The van der Waals surface area contributed by atoms with Crippen molar-refractivity contribution < 1.29 is 4.79 Å². The molecule has 18 heavy (non-hydrogen) atoms. The van der Waals surface area contributed by atoms with Gasteiger partial charge in [0.05, 0.1) is 10.8 Å². The number of pyridine rings is 1. The fourth-order valence-electron chi connectivity index (χ4n) is 2.25. The summed E-state index contributed by atoms with van der Waals surface area (Å²) in [7, 11) is 0. The highest BCUT2D eigenvalue weighted by molar-refractivity contribution is 7.99. The number of nitrogens with zero attached hydrogens (tertiary/aromatic N) is 1. The molecular weight excluding hydrogens is 244 g/mol. The molecule has 0 aliphatic heterocycles. The predicted octanol–water partition coefficient (Wildman–Crippen LogP) is 2.87. The van der Waals surface area contributed by atoms with Gasteiger partial charge in [0.25, 0.3) is 0 Å². The molecule has 1 fully saturated rings. The van der Waals surface area contributed by atoms with E-state index in [-0.39, 0.29) is 5.91 Å². The van der Waals surface area contributed by atoms with Gasteiger partial charge >= 0.3 is 0 Å². The van der Waals surface area contributed by atoms with Gasteiger partial charge in [-0.3, -0.25) is 4.79 Å². The van der Waals surface area contributed by atoms with Crippen LogP contribution in [0.2, 0.25) is 0 Å². The Morgan fingerprint density at radius 3 is 2.83 bits per heavy atom. The first-order chi connectivity index (χ1) is 8.74. The van der Waals surface area contributed by atoms with Crippen molar-refractivity contribution in [2.45, 2.75) is 43.7 Å². The summed E-state index contributed by atoms with van der Waals surface area (Å²) in [5, 5.41) is 4.03. The first-order valence-corrected chi connectivity index (χ1v) is 7.56. The fourth-order valence-corrected chi connectivity index (χ4v) is 2.92. The molecule has 1 aromatic heterocycles. The Morgan fingerprint density at radius 1 is 1.39 bits per heavy atom. The Morgan fingerprint density at radius 2 is 2.17 bits per heavy atom. The van der Waals surface area contributed by atoms with E-state index in [4.69, 9.17) is 0 Å². The van der Waals surface area contributed by atoms with Crippen molar-refractivity contribution in [1.82, 2.24) is 10.3 Å². The molecule has 4 heteroatoms. The summed E-state index contributed by atoms with van der Waals surface area (Å²) >= 11 is 1.49. The van der Waals surface area contributed by atoms with Crippen molar-refractivity contribution in [2.24, 2.45) is 5.92 Å². The van der Waals surface area contributed by atoms with E-state index in [0.29, 0.717) is 11.8 Å². The Kier molecular flexibility index (Phi) is 5.05. The third kappa shape index (κ3) is 4.33. The average molecular weight is 264 g/mol. The minimum atomic E-state index is 0.130. The molecule has 1 N–H and O–H groups in total. The van der Waals surface area contributed by atoms with Crippen LogP contribution < -0.4 is 5.32 Å². The minimum absolute atomic E-state index is 0.130. The normalized spacial score (nSPS) is 23.6. The highest BCUT2D eigenvalue weighted by atomic mass is 32.2. The molecule has 0 bridgehead atoms. The molecule has 3 nitrogen and oxygen atoms in total. The Balaban J connectivity index is 1.69. The molecule has 1 amide bonds. The summed E-state index contributed by atoms with van der Waals surface area (Å²) in [5.41, 5.74) is 0. The second kappa shape index (κ2) is 6.78. The van der Waals surface area contributed by atoms with Gasteiger partial charge in [-0.05, 0) is 43.7 Å². The van der Waals surface area contributed by atoms with Crippen molar-refractivity contribution in [3.8, 4) is 0 Å². The van der Waals surface area contributed by atoms with Gasteiger partial charge in [-0.1, -0.05) is 24.8 Å². The monoisotopic (exact) mass is 264 g/mol. The van der Waals surface area contributed by atoms with E-state index in [1.54, 1.807) is 6.20 Å². The third-order valence-corrected chi connectivity index (χ3v) is 4.31. The number of hydrogen-bond acceptors (Lipinski definition) is 3. The lowest BCUT2D eigenvalue weighted by Crippen LogP contribution is -2.38. The van der Waals surface area contributed by atoms with E-state index in [0.717, 1.165) is 23.8 Å². The summed E-state index contributed by atoms with van der Waals surface area (Å²) < 4.78 is 0. The number of hydrogen-bond donors (Lipinski definition) is 1. The molecule has 1 aliphatic rings. The minimum Gasteiger partial charge on any atom is -0.353 e. The lowest BCUT2D eigenvalue weighted by atomic mass is 9.87. The maximum absolute atomic E-state index is 11.8. The summed E-state index contributed by atoms with van der Waals surface area (Å²) in [4.78, 5) is 16.0. The quantitative estimate of drug-likeness (QED) is 0.850. The number of aromatic nitrogens is 1. The van der Waals surface area contributed by atoms with Gasteiger partial charge in [-0.15, -0.1) is 0 Å². The van der Waals surface area contributed by atoms with Gasteiger partial charge in [0, 0.05) is 12.2 Å². The number of thioether (sulfide) groups is 1. The van der Waals surface area contributed by atoms with Gasteiger partial charge in [-0.25, -0.2) is 4.98 Å². The van der Waals surface area contributed by atoms with E-state index in [9.17, 15) is 4.79 Å². The zero-order valence-electron chi connectivity index (χ0n) is 10.8. The van der Waals surface area contributed by atoms with Gasteiger partial charge in [0.15, 0.2) is 0 Å². The Hall–Kier alpha value is -1.03. The molecule has 0 saturated heterocycles. The van der Waals surface area contributed by atoms with E-state index in [1.165, 1.54) is 24.6 Å². The highest BCUT2D eigenvalue weighted by Gasteiger charge is 2.19. The highest BCUT2D eigenvalue weighted by Crippen LogP contribution is 2.23. The second-order valence-electron chi connectivity index (χ2n) is 4.98. The van der Waals surface area contributed by atoms with E-state index >= 15 is 0 Å². The van der Waals surface area contributed by atoms with E-state index < -0.39 is 0 Å². The summed E-state index contributed by atoms with van der Waals surface area (Å²) in [5.74, 6) is 1.41. The molecule has 1 aromatic rings. The number of carbonyl (C=O) groups is 1. The zero-order chi connectivity index (χ0) is 12.8. The van der Waals surface area contributed by atoms with E-state index in [2.05, 4.69) is 17.2 Å². The molecule has 0 aromatic carbocycles. The molecular formula is C14H20N2OS. The van der Waals surface area contributed by atoms with Crippen LogP contribution in [0.5, 0.6) is 0 Å². The SMILES string of the molecule is CC1CCC(NC(=O)CSc2ccccn2)CC1. The van der Waals surface area contributed by atoms with Gasteiger partial charge < -0.3 is 5.32 Å². The zero-order valence-corrected chi connectivity index (χ0v) is 11.6. The second-order valence-corrected chi connectivity index (χ2v) is 5.98. The standard InChI is InChI=1S/C14H20N2OS/c1-11-5-7-12(8-6-11)16-13(17)10-18-14-4-2-3-9-15-14/h2-4,9,11-12H,5-8,10H2,1H3,(H,16,17). The first-order valence-electron chi connectivity index (χ1n) is 6.57. The van der Waals surface area contributed by atoms with Crippen LogP contribution in [-0.4, -0.2) is 22.7 Å². The van der Waals surface area contributed by atoms with Gasteiger partial charge in [0.2, 0.25) is 5.91 Å². The largest absolute Gasteiger partial charge is 0.353 e. The maximum atomic E-state index is 11.8. The number of amides is 1. The molecule has 0 unspecified atom stereocenters.